The highest BCUT2D eigenvalue weighted by atomic mass is 32.2. The third kappa shape index (κ3) is 3.85. The van der Waals surface area contributed by atoms with Crippen molar-refractivity contribution in [3.63, 3.8) is 0 Å². The van der Waals surface area contributed by atoms with Gasteiger partial charge in [0.15, 0.2) is 0 Å². The molecule has 9 nitrogen and oxygen atoms in total. The topological polar surface area (TPSA) is 107 Å². The van der Waals surface area contributed by atoms with E-state index >= 15 is 0 Å². The van der Waals surface area contributed by atoms with E-state index in [-0.39, 0.29) is 43.9 Å². The van der Waals surface area contributed by atoms with Gasteiger partial charge in [-0.25, -0.2) is 13.2 Å². The number of amides is 4. The van der Waals surface area contributed by atoms with Crippen molar-refractivity contribution in [3.8, 4) is 0 Å². The molecule has 2 saturated heterocycles. The molecule has 0 unspecified atom stereocenters. The fourth-order valence-corrected chi connectivity index (χ4v) is 7.03. The Hall–Kier alpha value is -1.98. The normalized spacial score (nSPS) is 22.1. The maximum absolute atomic E-state index is 12.6. The molecule has 4 rings (SSSR count). The summed E-state index contributed by atoms with van der Waals surface area (Å²) in [5.41, 5.74) is -0.717. The lowest BCUT2D eigenvalue weighted by atomic mass is 9.98. The molecule has 0 bridgehead atoms. The van der Waals surface area contributed by atoms with Crippen LogP contribution in [-0.2, 0) is 19.6 Å². The smallest absolute Gasteiger partial charge is 0.325 e. The van der Waals surface area contributed by atoms with Gasteiger partial charge < -0.3 is 10.2 Å². The highest BCUT2D eigenvalue weighted by Gasteiger charge is 2.52. The molecule has 3 fully saturated rings. The summed E-state index contributed by atoms with van der Waals surface area (Å²) in [6.07, 6.45) is 3.87. The number of hydrogen-bond donors (Lipinski definition) is 1. The van der Waals surface area contributed by atoms with Crippen LogP contribution in [0.2, 0.25) is 0 Å². The SMILES string of the molecule is O=C(CCCN1C(=O)NC2(CCCC2)C1=O)N1CCN(S(=O)(=O)c2cccs2)CC1. The van der Waals surface area contributed by atoms with Crippen molar-refractivity contribution >= 4 is 39.2 Å². The number of sulfonamides is 1. The summed E-state index contributed by atoms with van der Waals surface area (Å²) >= 11 is 1.19. The van der Waals surface area contributed by atoms with Crippen LogP contribution in [0, 0.1) is 0 Å². The van der Waals surface area contributed by atoms with Gasteiger partial charge in [-0.05, 0) is 30.7 Å². The predicted octanol–water partition coefficient (Wildman–Crippen LogP) is 1.23. The van der Waals surface area contributed by atoms with Crippen LogP contribution in [-0.4, -0.2) is 78.6 Å². The highest BCUT2D eigenvalue weighted by molar-refractivity contribution is 7.91. The van der Waals surface area contributed by atoms with Crippen LogP contribution in [0.4, 0.5) is 4.79 Å². The van der Waals surface area contributed by atoms with E-state index in [1.807, 2.05) is 0 Å². The van der Waals surface area contributed by atoms with Crippen molar-refractivity contribution in [2.45, 2.75) is 48.3 Å². The van der Waals surface area contributed by atoms with Gasteiger partial charge in [0.05, 0.1) is 0 Å². The minimum absolute atomic E-state index is 0.0780. The maximum Gasteiger partial charge on any atom is 0.325 e. The summed E-state index contributed by atoms with van der Waals surface area (Å²) in [5.74, 6) is -0.240. The summed E-state index contributed by atoms with van der Waals surface area (Å²) in [5, 5.41) is 4.57. The molecule has 1 spiro atoms. The van der Waals surface area contributed by atoms with E-state index in [1.165, 1.54) is 20.5 Å². The molecule has 3 aliphatic rings. The van der Waals surface area contributed by atoms with Crippen molar-refractivity contribution in [2.75, 3.05) is 32.7 Å². The molecule has 30 heavy (non-hydrogen) atoms. The van der Waals surface area contributed by atoms with E-state index < -0.39 is 15.6 Å². The van der Waals surface area contributed by atoms with Crippen LogP contribution >= 0.6 is 11.3 Å². The van der Waals surface area contributed by atoms with Crippen molar-refractivity contribution in [2.24, 2.45) is 0 Å². The Morgan fingerprint density at radius 1 is 1.13 bits per heavy atom. The number of nitrogens with one attached hydrogen (secondary N) is 1. The third-order valence-electron chi connectivity index (χ3n) is 6.16. The molecule has 0 atom stereocenters. The van der Waals surface area contributed by atoms with Gasteiger partial charge in [-0.1, -0.05) is 18.9 Å². The molecule has 1 aromatic heterocycles. The fraction of sp³-hybridized carbons (Fsp3) is 0.632. The lowest BCUT2D eigenvalue weighted by molar-refractivity contribution is -0.134. The van der Waals surface area contributed by atoms with E-state index in [0.717, 1.165) is 12.8 Å². The monoisotopic (exact) mass is 454 g/mol. The van der Waals surface area contributed by atoms with Gasteiger partial charge in [0.1, 0.15) is 9.75 Å². The van der Waals surface area contributed by atoms with Crippen LogP contribution in [0.1, 0.15) is 38.5 Å². The number of urea groups is 1. The number of carbonyl (C=O) groups is 3. The van der Waals surface area contributed by atoms with E-state index in [9.17, 15) is 22.8 Å². The molecular formula is C19H26N4O5S2. The Balaban J connectivity index is 1.24. The Bertz CT molecular complexity index is 917. The molecule has 1 N–H and O–H groups in total. The zero-order valence-electron chi connectivity index (χ0n) is 16.7. The van der Waals surface area contributed by atoms with E-state index in [0.29, 0.717) is 36.6 Å². The van der Waals surface area contributed by atoms with Crippen molar-refractivity contribution in [1.29, 1.82) is 0 Å². The average molecular weight is 455 g/mol. The Labute approximate surface area is 180 Å². The number of imide groups is 1. The second-order valence-corrected chi connectivity index (χ2v) is 11.1. The highest BCUT2D eigenvalue weighted by Crippen LogP contribution is 2.35. The molecule has 1 aliphatic carbocycles. The number of nitrogens with zero attached hydrogens (tertiary/aromatic N) is 3. The minimum atomic E-state index is -3.49. The van der Waals surface area contributed by atoms with Gasteiger partial charge in [-0.15, -0.1) is 11.3 Å². The van der Waals surface area contributed by atoms with Crippen LogP contribution in [0.25, 0.3) is 0 Å². The quantitative estimate of drug-likeness (QED) is 0.651. The second-order valence-electron chi connectivity index (χ2n) is 8.00. The molecule has 1 saturated carbocycles. The van der Waals surface area contributed by atoms with E-state index in [2.05, 4.69) is 5.32 Å². The summed E-state index contributed by atoms with van der Waals surface area (Å²) < 4.78 is 26.9. The molecule has 1 aromatic rings. The number of rotatable bonds is 6. The first-order valence-corrected chi connectivity index (χ1v) is 12.6. The number of piperazine rings is 1. The molecule has 11 heteroatoms. The standard InChI is InChI=1S/C19H26N4O5S2/c24-15(5-3-9-23-17(25)19(20-18(23)26)7-1-2-8-19)21-10-12-22(13-11-21)30(27,28)16-6-4-14-29-16/h4,6,14H,1-3,5,7-13H2,(H,20,26). The summed E-state index contributed by atoms with van der Waals surface area (Å²) in [6.45, 7) is 1.44. The first-order valence-electron chi connectivity index (χ1n) is 10.3. The van der Waals surface area contributed by atoms with Crippen molar-refractivity contribution < 1.29 is 22.8 Å². The Morgan fingerprint density at radius 2 is 1.83 bits per heavy atom. The molecule has 3 heterocycles. The molecule has 164 valence electrons. The van der Waals surface area contributed by atoms with Crippen LogP contribution in [0.5, 0.6) is 0 Å². The van der Waals surface area contributed by atoms with E-state index in [4.69, 9.17) is 0 Å². The lowest BCUT2D eigenvalue weighted by Gasteiger charge is -2.33. The summed E-state index contributed by atoms with van der Waals surface area (Å²) in [6, 6.07) is 2.93. The average Bonchev–Trinajstić information content (AvgIpc) is 3.47. The maximum atomic E-state index is 12.6. The molecule has 2 aliphatic heterocycles. The predicted molar refractivity (Wildman–Crippen MR) is 110 cm³/mol. The van der Waals surface area contributed by atoms with Crippen LogP contribution < -0.4 is 5.32 Å². The van der Waals surface area contributed by atoms with Gasteiger partial charge in [-0.3, -0.25) is 14.5 Å². The fourth-order valence-electron chi connectivity index (χ4n) is 4.46. The van der Waals surface area contributed by atoms with Crippen molar-refractivity contribution in [1.82, 2.24) is 19.4 Å². The van der Waals surface area contributed by atoms with Gasteiger partial charge in [0, 0.05) is 39.1 Å². The molecular weight excluding hydrogens is 428 g/mol. The Morgan fingerprint density at radius 3 is 2.47 bits per heavy atom. The summed E-state index contributed by atoms with van der Waals surface area (Å²) in [4.78, 5) is 40.2. The van der Waals surface area contributed by atoms with E-state index in [1.54, 1.807) is 22.4 Å². The first-order chi connectivity index (χ1) is 14.3. The molecule has 0 radical (unpaired) electrons. The summed E-state index contributed by atoms with van der Waals surface area (Å²) in [7, 11) is -3.49. The first kappa shape index (κ1) is 21.3. The second kappa shape index (κ2) is 8.27. The third-order valence-corrected chi connectivity index (χ3v) is 9.43. The van der Waals surface area contributed by atoms with Crippen LogP contribution in [0.3, 0.4) is 0 Å². The molecule has 4 amide bonds. The van der Waals surface area contributed by atoms with Gasteiger partial charge in [0.25, 0.3) is 15.9 Å². The molecule has 0 aromatic carbocycles. The number of thiophene rings is 1. The van der Waals surface area contributed by atoms with Gasteiger partial charge in [-0.2, -0.15) is 4.31 Å². The lowest BCUT2D eigenvalue weighted by Crippen LogP contribution is -2.50. The van der Waals surface area contributed by atoms with Crippen molar-refractivity contribution in [3.05, 3.63) is 17.5 Å². The van der Waals surface area contributed by atoms with Gasteiger partial charge in [0.2, 0.25) is 5.91 Å². The Kier molecular flexibility index (Phi) is 5.86. The number of hydrogen-bond acceptors (Lipinski definition) is 6. The zero-order chi connectivity index (χ0) is 21.4. The van der Waals surface area contributed by atoms with Gasteiger partial charge >= 0.3 is 6.03 Å². The number of carbonyl (C=O) groups excluding carboxylic acids is 3. The van der Waals surface area contributed by atoms with Crippen LogP contribution in [0.15, 0.2) is 21.7 Å². The minimum Gasteiger partial charge on any atom is -0.340 e. The zero-order valence-corrected chi connectivity index (χ0v) is 18.3. The largest absolute Gasteiger partial charge is 0.340 e.